The standard InChI is InChI=1S/C27H25F3N4O2/c1-36-22-8-4-6-18(16-22)24-23-9-2-3-15-34(23)25(32-24)19-7-5-14-33(17-19)26(35)31-21-12-10-20(11-13-21)27(28,29)30/h2-4,6,8-13,15-16,19H,5,7,14,17H2,1H3,(H,31,35). The van der Waals surface area contributed by atoms with Gasteiger partial charge in [0.1, 0.15) is 11.6 Å². The van der Waals surface area contributed by atoms with Gasteiger partial charge in [-0.1, -0.05) is 18.2 Å². The lowest BCUT2D eigenvalue weighted by atomic mass is 9.97. The fourth-order valence-corrected chi connectivity index (χ4v) is 4.65. The average Bonchev–Trinajstić information content (AvgIpc) is 3.28. The molecule has 3 heterocycles. The Hall–Kier alpha value is -4.01. The van der Waals surface area contributed by atoms with Crippen molar-refractivity contribution in [2.75, 3.05) is 25.5 Å². The van der Waals surface area contributed by atoms with E-state index in [1.54, 1.807) is 12.0 Å². The molecule has 186 valence electrons. The van der Waals surface area contributed by atoms with Crippen LogP contribution in [0.2, 0.25) is 0 Å². The number of aromatic nitrogens is 2. The highest BCUT2D eigenvalue weighted by Crippen LogP contribution is 2.34. The summed E-state index contributed by atoms with van der Waals surface area (Å²) in [5.74, 6) is 1.62. The number of nitrogens with one attached hydrogen (secondary N) is 1. The van der Waals surface area contributed by atoms with Crippen LogP contribution in [0.5, 0.6) is 5.75 Å². The number of nitrogens with zero attached hydrogens (tertiary/aromatic N) is 3. The second kappa shape index (κ2) is 9.56. The van der Waals surface area contributed by atoms with Crippen molar-refractivity contribution in [1.29, 1.82) is 0 Å². The molecule has 0 saturated carbocycles. The maximum absolute atomic E-state index is 12.9. The number of benzene rings is 2. The van der Waals surface area contributed by atoms with Crippen LogP contribution in [0.1, 0.15) is 30.1 Å². The van der Waals surface area contributed by atoms with Crippen molar-refractivity contribution in [1.82, 2.24) is 14.3 Å². The monoisotopic (exact) mass is 494 g/mol. The summed E-state index contributed by atoms with van der Waals surface area (Å²) in [7, 11) is 1.63. The zero-order chi connectivity index (χ0) is 25.3. The van der Waals surface area contributed by atoms with E-state index in [-0.39, 0.29) is 11.9 Å². The molecule has 0 radical (unpaired) electrons. The highest BCUT2D eigenvalue weighted by molar-refractivity contribution is 5.89. The van der Waals surface area contributed by atoms with E-state index in [1.165, 1.54) is 12.1 Å². The molecule has 2 amide bonds. The third kappa shape index (κ3) is 4.73. The molecular weight excluding hydrogens is 469 g/mol. The molecule has 1 fully saturated rings. The highest BCUT2D eigenvalue weighted by Gasteiger charge is 2.31. The molecule has 0 bridgehead atoms. The molecule has 9 heteroatoms. The summed E-state index contributed by atoms with van der Waals surface area (Å²) in [5.41, 5.74) is 2.32. The summed E-state index contributed by atoms with van der Waals surface area (Å²) in [6.45, 7) is 1.02. The quantitative estimate of drug-likeness (QED) is 0.355. The number of anilines is 1. The topological polar surface area (TPSA) is 58.9 Å². The molecule has 2 aromatic carbocycles. The number of amides is 2. The molecule has 1 aliphatic rings. The first-order chi connectivity index (χ1) is 17.3. The lowest BCUT2D eigenvalue weighted by Gasteiger charge is -2.32. The van der Waals surface area contributed by atoms with Crippen molar-refractivity contribution < 1.29 is 22.7 Å². The summed E-state index contributed by atoms with van der Waals surface area (Å²) in [6.07, 6.45) is -0.779. The van der Waals surface area contributed by atoms with Crippen LogP contribution in [-0.4, -0.2) is 40.5 Å². The molecule has 5 rings (SSSR count). The number of imidazole rings is 1. The molecule has 1 unspecified atom stereocenters. The van der Waals surface area contributed by atoms with Crippen molar-refractivity contribution in [3.05, 3.63) is 84.3 Å². The third-order valence-corrected chi connectivity index (χ3v) is 6.46. The lowest BCUT2D eigenvalue weighted by Crippen LogP contribution is -2.42. The zero-order valence-electron chi connectivity index (χ0n) is 19.6. The number of piperidine rings is 1. The van der Waals surface area contributed by atoms with Gasteiger partial charge in [-0.15, -0.1) is 0 Å². The van der Waals surface area contributed by atoms with Crippen LogP contribution in [-0.2, 0) is 6.18 Å². The van der Waals surface area contributed by atoms with E-state index in [1.807, 2.05) is 48.7 Å². The molecule has 1 N–H and O–H groups in total. The van der Waals surface area contributed by atoms with Crippen LogP contribution >= 0.6 is 0 Å². The largest absolute Gasteiger partial charge is 0.497 e. The van der Waals surface area contributed by atoms with E-state index in [9.17, 15) is 18.0 Å². The number of likely N-dealkylation sites (tertiary alicyclic amines) is 1. The number of alkyl halides is 3. The van der Waals surface area contributed by atoms with Crippen LogP contribution in [0, 0.1) is 0 Å². The number of methoxy groups -OCH3 is 1. The normalized spacial score (nSPS) is 16.2. The van der Waals surface area contributed by atoms with Crippen molar-refractivity contribution in [3.63, 3.8) is 0 Å². The van der Waals surface area contributed by atoms with Crippen LogP contribution in [0.25, 0.3) is 16.8 Å². The lowest BCUT2D eigenvalue weighted by molar-refractivity contribution is -0.137. The Morgan fingerprint density at radius 2 is 1.89 bits per heavy atom. The maximum atomic E-state index is 12.9. The summed E-state index contributed by atoms with van der Waals surface area (Å²) >= 11 is 0. The number of urea groups is 1. The number of hydrogen-bond acceptors (Lipinski definition) is 3. The Bertz CT molecular complexity index is 1380. The third-order valence-electron chi connectivity index (χ3n) is 6.46. The van der Waals surface area contributed by atoms with E-state index in [0.29, 0.717) is 18.8 Å². The summed E-state index contributed by atoms with van der Waals surface area (Å²) < 4.78 is 45.9. The van der Waals surface area contributed by atoms with Gasteiger partial charge in [-0.05, 0) is 61.4 Å². The molecule has 1 aliphatic heterocycles. The Labute approximate surface area is 206 Å². The van der Waals surface area contributed by atoms with Gasteiger partial charge in [-0.25, -0.2) is 9.78 Å². The van der Waals surface area contributed by atoms with Gasteiger partial charge in [-0.3, -0.25) is 0 Å². The van der Waals surface area contributed by atoms with E-state index in [2.05, 4.69) is 9.72 Å². The number of halogens is 3. The first-order valence-corrected chi connectivity index (χ1v) is 11.7. The van der Waals surface area contributed by atoms with Gasteiger partial charge < -0.3 is 19.4 Å². The van der Waals surface area contributed by atoms with E-state index < -0.39 is 11.7 Å². The van der Waals surface area contributed by atoms with Gasteiger partial charge in [-0.2, -0.15) is 13.2 Å². The minimum atomic E-state index is -4.42. The van der Waals surface area contributed by atoms with E-state index >= 15 is 0 Å². The Morgan fingerprint density at radius 1 is 1.08 bits per heavy atom. The Balaban J connectivity index is 1.38. The molecular formula is C27H25F3N4O2. The van der Waals surface area contributed by atoms with Crippen molar-refractivity contribution >= 4 is 17.2 Å². The second-order valence-corrected chi connectivity index (χ2v) is 8.80. The number of carbonyl (C=O) groups is 1. The SMILES string of the molecule is COc1cccc(-c2nc(C3CCCN(C(=O)Nc4ccc(C(F)(F)F)cc4)C3)n3ccccc23)c1. The first-order valence-electron chi connectivity index (χ1n) is 11.7. The molecule has 36 heavy (non-hydrogen) atoms. The van der Waals surface area contributed by atoms with Gasteiger partial charge >= 0.3 is 12.2 Å². The van der Waals surface area contributed by atoms with Gasteiger partial charge in [0, 0.05) is 36.5 Å². The van der Waals surface area contributed by atoms with Crippen LogP contribution < -0.4 is 10.1 Å². The molecule has 2 aromatic heterocycles. The van der Waals surface area contributed by atoms with Crippen molar-refractivity contribution in [3.8, 4) is 17.0 Å². The van der Waals surface area contributed by atoms with Gasteiger partial charge in [0.05, 0.1) is 23.9 Å². The number of carbonyl (C=O) groups excluding carboxylic acids is 1. The van der Waals surface area contributed by atoms with Crippen LogP contribution in [0.15, 0.2) is 72.9 Å². The number of fused-ring (bicyclic) bond motifs is 1. The van der Waals surface area contributed by atoms with Crippen molar-refractivity contribution in [2.24, 2.45) is 0 Å². The number of hydrogen-bond donors (Lipinski definition) is 1. The number of ether oxygens (including phenoxy) is 1. The Morgan fingerprint density at radius 3 is 2.64 bits per heavy atom. The molecule has 0 aliphatic carbocycles. The predicted molar refractivity (Wildman–Crippen MR) is 131 cm³/mol. The predicted octanol–water partition coefficient (Wildman–Crippen LogP) is 6.44. The fourth-order valence-electron chi connectivity index (χ4n) is 4.65. The first kappa shape index (κ1) is 23.7. The Kier molecular flexibility index (Phi) is 6.30. The number of pyridine rings is 1. The average molecular weight is 495 g/mol. The minimum absolute atomic E-state index is 0.00589. The van der Waals surface area contributed by atoms with E-state index in [0.717, 1.165) is 53.3 Å². The van der Waals surface area contributed by atoms with Crippen molar-refractivity contribution in [2.45, 2.75) is 24.9 Å². The van der Waals surface area contributed by atoms with Crippen LogP contribution in [0.3, 0.4) is 0 Å². The van der Waals surface area contributed by atoms with Gasteiger partial charge in [0.2, 0.25) is 0 Å². The molecule has 6 nitrogen and oxygen atoms in total. The minimum Gasteiger partial charge on any atom is -0.497 e. The number of rotatable bonds is 4. The smallest absolute Gasteiger partial charge is 0.416 e. The second-order valence-electron chi connectivity index (χ2n) is 8.80. The highest BCUT2D eigenvalue weighted by atomic mass is 19.4. The molecule has 1 saturated heterocycles. The zero-order valence-corrected chi connectivity index (χ0v) is 19.6. The van der Waals surface area contributed by atoms with Gasteiger partial charge in [0.25, 0.3) is 0 Å². The van der Waals surface area contributed by atoms with Crippen LogP contribution in [0.4, 0.5) is 23.7 Å². The summed E-state index contributed by atoms with van der Waals surface area (Å²) in [5, 5.41) is 2.72. The molecule has 1 atom stereocenters. The summed E-state index contributed by atoms with van der Waals surface area (Å²) in [4.78, 5) is 19.6. The summed E-state index contributed by atoms with van der Waals surface area (Å²) in [6, 6.07) is 17.8. The maximum Gasteiger partial charge on any atom is 0.416 e. The van der Waals surface area contributed by atoms with Gasteiger partial charge in [0.15, 0.2) is 0 Å². The molecule has 4 aromatic rings. The van der Waals surface area contributed by atoms with E-state index in [4.69, 9.17) is 9.72 Å². The fraction of sp³-hybridized carbons (Fsp3) is 0.259. The molecule has 0 spiro atoms.